The standard InChI is InChI=1S/C7H11BrFNO/c1-2-4-5(3-8)10-7(11)6(4)9/h4-6H,2-3H2,1H3,(H,10,11)/t4-,5+,6-/m0/s1. The van der Waals surface area contributed by atoms with E-state index in [4.69, 9.17) is 0 Å². The summed E-state index contributed by atoms with van der Waals surface area (Å²) in [6.07, 6.45) is -0.599. The minimum Gasteiger partial charge on any atom is -0.350 e. The predicted molar refractivity (Wildman–Crippen MR) is 44.4 cm³/mol. The zero-order valence-electron chi connectivity index (χ0n) is 6.31. The SMILES string of the molecule is CC[C@@H]1[C@H](F)C(=O)N[C@@H]1CBr. The molecular weight excluding hydrogens is 213 g/mol. The maximum atomic E-state index is 13.0. The molecule has 3 atom stereocenters. The van der Waals surface area contributed by atoms with Gasteiger partial charge < -0.3 is 5.32 Å². The van der Waals surface area contributed by atoms with Crippen molar-refractivity contribution in [2.75, 3.05) is 5.33 Å². The van der Waals surface area contributed by atoms with E-state index in [0.29, 0.717) is 11.8 Å². The van der Waals surface area contributed by atoms with Crippen LogP contribution in [0.25, 0.3) is 0 Å². The fraction of sp³-hybridized carbons (Fsp3) is 0.857. The average Bonchev–Trinajstić information content (AvgIpc) is 2.28. The molecule has 4 heteroatoms. The molecule has 0 aliphatic carbocycles. The number of nitrogens with one attached hydrogen (secondary N) is 1. The summed E-state index contributed by atoms with van der Waals surface area (Å²) in [6.45, 7) is 1.90. The summed E-state index contributed by atoms with van der Waals surface area (Å²) in [5.74, 6) is -0.608. The minimum atomic E-state index is -1.30. The molecule has 1 aliphatic rings. The van der Waals surface area contributed by atoms with Crippen molar-refractivity contribution in [3.05, 3.63) is 0 Å². The van der Waals surface area contributed by atoms with Crippen molar-refractivity contribution in [1.82, 2.24) is 5.32 Å². The third-order valence-electron chi connectivity index (χ3n) is 2.11. The summed E-state index contributed by atoms with van der Waals surface area (Å²) in [7, 11) is 0. The quantitative estimate of drug-likeness (QED) is 0.702. The van der Waals surface area contributed by atoms with Crippen LogP contribution >= 0.6 is 15.9 Å². The van der Waals surface area contributed by atoms with Crippen LogP contribution in [0.15, 0.2) is 0 Å². The van der Waals surface area contributed by atoms with E-state index in [-0.39, 0.29) is 12.0 Å². The van der Waals surface area contributed by atoms with Gasteiger partial charge in [-0.3, -0.25) is 4.79 Å². The van der Waals surface area contributed by atoms with Crippen LogP contribution in [0.2, 0.25) is 0 Å². The first-order chi connectivity index (χ1) is 5.20. The van der Waals surface area contributed by atoms with Crippen LogP contribution in [0.4, 0.5) is 4.39 Å². The van der Waals surface area contributed by atoms with Gasteiger partial charge in [-0.2, -0.15) is 0 Å². The Labute approximate surface area is 73.7 Å². The number of rotatable bonds is 2. The zero-order chi connectivity index (χ0) is 8.43. The number of carbonyl (C=O) groups is 1. The number of carbonyl (C=O) groups excluding carboxylic acids is 1. The Kier molecular flexibility index (Phi) is 2.87. The summed E-state index contributed by atoms with van der Waals surface area (Å²) in [5, 5.41) is 3.23. The molecule has 0 unspecified atom stereocenters. The number of halogens is 2. The second-order valence-corrected chi connectivity index (χ2v) is 3.39. The number of hydrogen-bond acceptors (Lipinski definition) is 1. The van der Waals surface area contributed by atoms with Gasteiger partial charge in [-0.15, -0.1) is 0 Å². The van der Waals surface area contributed by atoms with E-state index in [9.17, 15) is 9.18 Å². The molecule has 1 amide bonds. The molecule has 0 aromatic rings. The highest BCUT2D eigenvalue weighted by Crippen LogP contribution is 2.24. The van der Waals surface area contributed by atoms with Gasteiger partial charge in [0.05, 0.1) is 0 Å². The molecular formula is C7H11BrFNO. The molecule has 0 saturated carbocycles. The molecule has 1 fully saturated rings. The zero-order valence-corrected chi connectivity index (χ0v) is 7.90. The lowest BCUT2D eigenvalue weighted by Crippen LogP contribution is -2.30. The summed E-state index contributed by atoms with van der Waals surface area (Å²) in [5.41, 5.74) is 0. The van der Waals surface area contributed by atoms with E-state index < -0.39 is 12.1 Å². The van der Waals surface area contributed by atoms with E-state index in [1.54, 1.807) is 0 Å². The van der Waals surface area contributed by atoms with Crippen molar-refractivity contribution in [2.45, 2.75) is 25.6 Å². The van der Waals surface area contributed by atoms with Gasteiger partial charge >= 0.3 is 0 Å². The monoisotopic (exact) mass is 223 g/mol. The van der Waals surface area contributed by atoms with Crippen molar-refractivity contribution < 1.29 is 9.18 Å². The smallest absolute Gasteiger partial charge is 0.255 e. The third-order valence-corrected chi connectivity index (χ3v) is 2.81. The van der Waals surface area contributed by atoms with E-state index in [0.717, 1.165) is 0 Å². The highest BCUT2D eigenvalue weighted by Gasteiger charge is 2.40. The molecule has 0 aromatic carbocycles. The van der Waals surface area contributed by atoms with Crippen molar-refractivity contribution in [3.63, 3.8) is 0 Å². The van der Waals surface area contributed by atoms with Gasteiger partial charge in [0.2, 0.25) is 0 Å². The maximum Gasteiger partial charge on any atom is 0.255 e. The molecule has 11 heavy (non-hydrogen) atoms. The second-order valence-electron chi connectivity index (χ2n) is 2.74. The van der Waals surface area contributed by atoms with Crippen LogP contribution in [0.5, 0.6) is 0 Å². The van der Waals surface area contributed by atoms with E-state index >= 15 is 0 Å². The third kappa shape index (κ3) is 1.55. The highest BCUT2D eigenvalue weighted by atomic mass is 79.9. The van der Waals surface area contributed by atoms with Crippen LogP contribution < -0.4 is 5.32 Å². The molecule has 0 aromatic heterocycles. The van der Waals surface area contributed by atoms with Crippen molar-refractivity contribution in [1.29, 1.82) is 0 Å². The maximum absolute atomic E-state index is 13.0. The Morgan fingerprint density at radius 2 is 2.36 bits per heavy atom. The Morgan fingerprint density at radius 1 is 1.73 bits per heavy atom. The molecule has 0 spiro atoms. The van der Waals surface area contributed by atoms with Gasteiger partial charge in [0.15, 0.2) is 6.17 Å². The van der Waals surface area contributed by atoms with Crippen LogP contribution in [-0.2, 0) is 4.79 Å². The van der Waals surface area contributed by atoms with E-state index in [1.165, 1.54) is 0 Å². The lowest BCUT2D eigenvalue weighted by Gasteiger charge is -2.14. The highest BCUT2D eigenvalue weighted by molar-refractivity contribution is 9.09. The number of amides is 1. The molecule has 1 aliphatic heterocycles. The molecule has 1 N–H and O–H groups in total. The second kappa shape index (κ2) is 3.52. The molecule has 1 saturated heterocycles. The minimum absolute atomic E-state index is 0.0255. The van der Waals surface area contributed by atoms with Gasteiger partial charge in [-0.05, 0) is 6.42 Å². The lowest BCUT2D eigenvalue weighted by molar-refractivity contribution is -0.123. The van der Waals surface area contributed by atoms with Crippen LogP contribution in [0.3, 0.4) is 0 Å². The first-order valence-corrected chi connectivity index (χ1v) is 4.83. The molecule has 1 rings (SSSR count). The van der Waals surface area contributed by atoms with Crippen LogP contribution in [0, 0.1) is 5.92 Å². The normalized spacial score (nSPS) is 37.4. The van der Waals surface area contributed by atoms with Gasteiger partial charge in [-0.1, -0.05) is 22.9 Å². The van der Waals surface area contributed by atoms with Gasteiger partial charge in [0.25, 0.3) is 5.91 Å². The van der Waals surface area contributed by atoms with Crippen molar-refractivity contribution in [3.8, 4) is 0 Å². The van der Waals surface area contributed by atoms with Gasteiger partial charge in [-0.25, -0.2) is 4.39 Å². The Morgan fingerprint density at radius 3 is 2.73 bits per heavy atom. The lowest BCUT2D eigenvalue weighted by atomic mass is 9.98. The summed E-state index contributed by atoms with van der Waals surface area (Å²) < 4.78 is 13.0. The number of hydrogen-bond donors (Lipinski definition) is 1. The molecule has 0 radical (unpaired) electrons. The number of alkyl halides is 2. The average molecular weight is 224 g/mol. The Hall–Kier alpha value is -0.120. The molecule has 0 bridgehead atoms. The van der Waals surface area contributed by atoms with Crippen molar-refractivity contribution >= 4 is 21.8 Å². The molecule has 2 nitrogen and oxygen atoms in total. The molecule has 64 valence electrons. The summed E-state index contributed by atoms with van der Waals surface area (Å²) in [6, 6.07) is -0.0255. The molecule has 1 heterocycles. The Balaban J connectivity index is 2.64. The van der Waals surface area contributed by atoms with Gasteiger partial charge in [0, 0.05) is 17.3 Å². The first-order valence-electron chi connectivity index (χ1n) is 3.71. The Bertz CT molecular complexity index is 165. The summed E-state index contributed by atoms with van der Waals surface area (Å²) in [4.78, 5) is 10.8. The van der Waals surface area contributed by atoms with E-state index in [2.05, 4.69) is 21.2 Å². The fourth-order valence-corrected chi connectivity index (χ4v) is 2.05. The fourth-order valence-electron chi connectivity index (χ4n) is 1.41. The van der Waals surface area contributed by atoms with Crippen LogP contribution in [0.1, 0.15) is 13.3 Å². The summed E-state index contributed by atoms with van der Waals surface area (Å²) >= 11 is 3.23. The van der Waals surface area contributed by atoms with Gasteiger partial charge in [0.1, 0.15) is 0 Å². The predicted octanol–water partition coefficient (Wildman–Crippen LogP) is 1.24. The first kappa shape index (κ1) is 8.97. The van der Waals surface area contributed by atoms with Crippen LogP contribution in [-0.4, -0.2) is 23.5 Å². The topological polar surface area (TPSA) is 29.1 Å². The largest absolute Gasteiger partial charge is 0.350 e. The van der Waals surface area contributed by atoms with E-state index in [1.807, 2.05) is 6.92 Å². The van der Waals surface area contributed by atoms with Crippen molar-refractivity contribution in [2.24, 2.45) is 5.92 Å².